The van der Waals surface area contributed by atoms with Crippen molar-refractivity contribution in [2.45, 2.75) is 13.0 Å². The second-order valence-electron chi connectivity index (χ2n) is 4.12. The molecule has 1 aromatic heterocycles. The highest BCUT2D eigenvalue weighted by molar-refractivity contribution is 7.13. The van der Waals surface area contributed by atoms with E-state index in [1.54, 1.807) is 0 Å². The molecule has 0 spiro atoms. The first kappa shape index (κ1) is 12.0. The van der Waals surface area contributed by atoms with E-state index in [0.29, 0.717) is 17.5 Å². The maximum atomic E-state index is 11.0. The van der Waals surface area contributed by atoms with Gasteiger partial charge in [-0.3, -0.25) is 4.79 Å². The number of nitrogens with zero attached hydrogens (tertiary/aromatic N) is 1. The van der Waals surface area contributed by atoms with Crippen LogP contribution in [0.25, 0.3) is 0 Å². The number of ether oxygens (including phenoxy) is 2. The van der Waals surface area contributed by atoms with Crippen molar-refractivity contribution in [1.29, 1.82) is 0 Å². The number of benzene rings is 1. The molecule has 0 bridgehead atoms. The van der Waals surface area contributed by atoms with E-state index in [-0.39, 0.29) is 12.0 Å². The molecule has 1 amide bonds. The smallest absolute Gasteiger partial charge is 0.223 e. The number of nitrogens with one attached hydrogen (secondary N) is 1. The number of hydrogen-bond acceptors (Lipinski definition) is 5. The number of rotatable bonds is 2. The summed E-state index contributed by atoms with van der Waals surface area (Å²) < 4.78 is 11.5. The maximum absolute atomic E-state index is 11.0. The van der Waals surface area contributed by atoms with Gasteiger partial charge < -0.3 is 14.8 Å². The Morgan fingerprint density at radius 3 is 3.00 bits per heavy atom. The summed E-state index contributed by atoms with van der Waals surface area (Å²) in [4.78, 5) is 15.3. The fraction of sp³-hybridized carbons (Fsp3) is 0.231. The van der Waals surface area contributed by atoms with E-state index in [0.717, 1.165) is 11.4 Å². The second kappa shape index (κ2) is 4.89. The Balaban J connectivity index is 1.77. The van der Waals surface area contributed by atoms with Gasteiger partial charge in [0.05, 0.1) is 5.69 Å². The summed E-state index contributed by atoms with van der Waals surface area (Å²) in [6, 6.07) is 7.53. The zero-order valence-corrected chi connectivity index (χ0v) is 11.1. The highest BCUT2D eigenvalue weighted by Gasteiger charge is 2.24. The zero-order chi connectivity index (χ0) is 13.2. The van der Waals surface area contributed by atoms with Gasteiger partial charge in [0.25, 0.3) is 0 Å². The molecule has 98 valence electrons. The summed E-state index contributed by atoms with van der Waals surface area (Å²) >= 11 is 1.37. The minimum atomic E-state index is -0.242. The predicted octanol–water partition coefficient (Wildman–Crippen LogP) is 2.61. The largest absolute Gasteiger partial charge is 0.485 e. The average molecular weight is 276 g/mol. The third-order valence-electron chi connectivity index (χ3n) is 2.64. The lowest BCUT2D eigenvalue weighted by atomic mass is 10.2. The molecule has 1 aliphatic heterocycles. The SMILES string of the molecule is CC(=O)Nc1nc([C@H]2COc3ccccc3O2)cs1. The summed E-state index contributed by atoms with van der Waals surface area (Å²) in [7, 11) is 0. The molecule has 1 atom stereocenters. The first-order valence-electron chi connectivity index (χ1n) is 5.84. The minimum absolute atomic E-state index is 0.132. The van der Waals surface area contributed by atoms with Gasteiger partial charge in [0.2, 0.25) is 5.91 Å². The molecule has 0 aliphatic carbocycles. The first-order chi connectivity index (χ1) is 9.22. The van der Waals surface area contributed by atoms with E-state index in [4.69, 9.17) is 9.47 Å². The van der Waals surface area contributed by atoms with Gasteiger partial charge in [0.1, 0.15) is 6.61 Å². The van der Waals surface area contributed by atoms with Gasteiger partial charge in [-0.2, -0.15) is 0 Å². The monoisotopic (exact) mass is 276 g/mol. The molecule has 2 aromatic rings. The number of carbonyl (C=O) groups excluding carboxylic acids is 1. The second-order valence-corrected chi connectivity index (χ2v) is 4.98. The average Bonchev–Trinajstić information content (AvgIpc) is 2.86. The third-order valence-corrected chi connectivity index (χ3v) is 3.42. The van der Waals surface area contributed by atoms with Crippen LogP contribution < -0.4 is 14.8 Å². The van der Waals surface area contributed by atoms with Crippen LogP contribution in [0, 0.1) is 0 Å². The molecule has 19 heavy (non-hydrogen) atoms. The number of carbonyl (C=O) groups is 1. The number of anilines is 1. The van der Waals surface area contributed by atoms with Gasteiger partial charge in [-0.15, -0.1) is 11.3 Å². The van der Waals surface area contributed by atoms with Crippen LogP contribution >= 0.6 is 11.3 Å². The number of aromatic nitrogens is 1. The van der Waals surface area contributed by atoms with Crippen LogP contribution in [-0.2, 0) is 4.79 Å². The molecular formula is C13H12N2O3S. The molecule has 1 aromatic carbocycles. The number of amides is 1. The summed E-state index contributed by atoms with van der Waals surface area (Å²) in [6.07, 6.45) is -0.242. The van der Waals surface area contributed by atoms with Crippen LogP contribution in [0.15, 0.2) is 29.6 Å². The van der Waals surface area contributed by atoms with Crippen molar-refractivity contribution in [2.24, 2.45) is 0 Å². The van der Waals surface area contributed by atoms with Gasteiger partial charge in [-0.1, -0.05) is 12.1 Å². The third kappa shape index (κ3) is 2.53. The highest BCUT2D eigenvalue weighted by Crippen LogP contribution is 2.36. The van der Waals surface area contributed by atoms with Crippen molar-refractivity contribution in [2.75, 3.05) is 11.9 Å². The Labute approximate surface area is 114 Å². The fourth-order valence-electron chi connectivity index (χ4n) is 1.81. The lowest BCUT2D eigenvalue weighted by molar-refractivity contribution is -0.114. The molecule has 0 fully saturated rings. The van der Waals surface area contributed by atoms with Gasteiger partial charge in [0.15, 0.2) is 22.7 Å². The van der Waals surface area contributed by atoms with Crippen LogP contribution in [0.4, 0.5) is 5.13 Å². The number of hydrogen-bond donors (Lipinski definition) is 1. The Kier molecular flexibility index (Phi) is 3.08. The Morgan fingerprint density at radius 2 is 2.21 bits per heavy atom. The quantitative estimate of drug-likeness (QED) is 0.916. The predicted molar refractivity (Wildman–Crippen MR) is 71.7 cm³/mol. The van der Waals surface area contributed by atoms with Crippen LogP contribution in [-0.4, -0.2) is 17.5 Å². The molecule has 5 nitrogen and oxygen atoms in total. The lowest BCUT2D eigenvalue weighted by Crippen LogP contribution is -2.21. The van der Waals surface area contributed by atoms with Crippen molar-refractivity contribution in [1.82, 2.24) is 4.98 Å². The van der Waals surface area contributed by atoms with E-state index >= 15 is 0 Å². The number of para-hydroxylation sites is 2. The topological polar surface area (TPSA) is 60.5 Å². The van der Waals surface area contributed by atoms with Crippen molar-refractivity contribution >= 4 is 22.4 Å². The summed E-state index contributed by atoms with van der Waals surface area (Å²) in [5.74, 6) is 1.33. The van der Waals surface area contributed by atoms with Crippen molar-refractivity contribution in [3.05, 3.63) is 35.3 Å². The van der Waals surface area contributed by atoms with E-state index in [9.17, 15) is 4.79 Å². The molecule has 0 radical (unpaired) electrons. The Hall–Kier alpha value is -2.08. The van der Waals surface area contributed by atoms with Gasteiger partial charge in [0, 0.05) is 12.3 Å². The molecule has 0 saturated heterocycles. The first-order valence-corrected chi connectivity index (χ1v) is 6.72. The summed E-state index contributed by atoms with van der Waals surface area (Å²) in [5, 5.41) is 5.10. The molecule has 3 rings (SSSR count). The molecular weight excluding hydrogens is 264 g/mol. The molecule has 1 aliphatic rings. The minimum Gasteiger partial charge on any atom is -0.485 e. The lowest BCUT2D eigenvalue weighted by Gasteiger charge is -2.25. The standard InChI is InChI=1S/C13H12N2O3S/c1-8(16)14-13-15-9(7-19-13)12-6-17-10-4-2-3-5-11(10)18-12/h2-5,7,12H,6H2,1H3,(H,14,15,16)/t12-/m1/s1. The van der Waals surface area contributed by atoms with Crippen LogP contribution in [0.3, 0.4) is 0 Å². The fourth-order valence-corrected chi connectivity index (χ4v) is 2.60. The summed E-state index contributed by atoms with van der Waals surface area (Å²) in [6.45, 7) is 1.87. The normalized spacial score (nSPS) is 17.0. The van der Waals surface area contributed by atoms with Gasteiger partial charge >= 0.3 is 0 Å². The van der Waals surface area contributed by atoms with Crippen LogP contribution in [0.2, 0.25) is 0 Å². The maximum Gasteiger partial charge on any atom is 0.223 e. The Bertz CT molecular complexity index is 611. The highest BCUT2D eigenvalue weighted by atomic mass is 32.1. The van der Waals surface area contributed by atoms with Gasteiger partial charge in [-0.25, -0.2) is 4.98 Å². The van der Waals surface area contributed by atoms with E-state index in [1.165, 1.54) is 18.3 Å². The van der Waals surface area contributed by atoms with Crippen molar-refractivity contribution in [3.8, 4) is 11.5 Å². The molecule has 1 N–H and O–H groups in total. The van der Waals surface area contributed by atoms with Crippen LogP contribution in [0.5, 0.6) is 11.5 Å². The molecule has 6 heteroatoms. The molecule has 0 saturated carbocycles. The van der Waals surface area contributed by atoms with Crippen molar-refractivity contribution in [3.63, 3.8) is 0 Å². The van der Waals surface area contributed by atoms with E-state index < -0.39 is 0 Å². The molecule has 0 unspecified atom stereocenters. The summed E-state index contributed by atoms with van der Waals surface area (Å²) in [5.41, 5.74) is 0.767. The number of thiazole rings is 1. The van der Waals surface area contributed by atoms with E-state index in [1.807, 2.05) is 29.6 Å². The number of fused-ring (bicyclic) bond motifs is 1. The van der Waals surface area contributed by atoms with Gasteiger partial charge in [-0.05, 0) is 12.1 Å². The van der Waals surface area contributed by atoms with E-state index in [2.05, 4.69) is 10.3 Å². The Morgan fingerprint density at radius 1 is 1.42 bits per heavy atom. The van der Waals surface area contributed by atoms with Crippen LogP contribution in [0.1, 0.15) is 18.7 Å². The van der Waals surface area contributed by atoms with Crippen molar-refractivity contribution < 1.29 is 14.3 Å². The zero-order valence-electron chi connectivity index (χ0n) is 10.3. The molecule has 2 heterocycles.